The van der Waals surface area contributed by atoms with Crippen molar-refractivity contribution in [3.8, 4) is 0 Å². The van der Waals surface area contributed by atoms with Gasteiger partial charge >= 0.3 is 0 Å². The molecule has 100 valence electrons. The second-order valence-electron chi connectivity index (χ2n) is 4.09. The van der Waals surface area contributed by atoms with Gasteiger partial charge in [0.25, 0.3) is 0 Å². The van der Waals surface area contributed by atoms with Gasteiger partial charge in [-0.2, -0.15) is 0 Å². The third kappa shape index (κ3) is 5.70. The van der Waals surface area contributed by atoms with Gasteiger partial charge in [-0.3, -0.25) is 4.79 Å². The van der Waals surface area contributed by atoms with Crippen LogP contribution in [0.3, 0.4) is 0 Å². The molecule has 0 aromatic heterocycles. The molecule has 1 rings (SSSR count). The van der Waals surface area contributed by atoms with E-state index in [2.05, 4.69) is 4.72 Å². The van der Waals surface area contributed by atoms with Crippen LogP contribution in [0, 0.1) is 0 Å². The summed E-state index contributed by atoms with van der Waals surface area (Å²) < 4.78 is 25.3. The minimum absolute atomic E-state index is 0.0686. The predicted octanol–water partition coefficient (Wildman–Crippen LogP) is 0.547. The van der Waals surface area contributed by atoms with E-state index in [1.807, 2.05) is 0 Å². The molecular formula is C10H19ClN2O3S. The molecule has 0 aliphatic carbocycles. The first kappa shape index (κ1) is 14.7. The molecule has 1 heterocycles. The summed E-state index contributed by atoms with van der Waals surface area (Å²) >= 11 is 5.43. The van der Waals surface area contributed by atoms with E-state index in [1.165, 1.54) is 0 Å². The average molecular weight is 283 g/mol. The maximum absolute atomic E-state index is 11.4. The summed E-state index contributed by atoms with van der Waals surface area (Å²) in [7, 11) is -3.19. The molecule has 0 aromatic carbocycles. The third-order valence-electron chi connectivity index (χ3n) is 2.64. The molecule has 0 spiro atoms. The number of carbonyl (C=O) groups excluding carboxylic acids is 1. The Morgan fingerprint density at radius 3 is 2.71 bits per heavy atom. The SMILES string of the molecule is O=C1CCCN1CCCNS(=O)(=O)CCCCl. The Labute approximate surface area is 108 Å². The zero-order chi connectivity index (χ0) is 12.7. The van der Waals surface area contributed by atoms with Crippen LogP contribution in [-0.2, 0) is 14.8 Å². The maximum atomic E-state index is 11.4. The van der Waals surface area contributed by atoms with Crippen LogP contribution in [0.25, 0.3) is 0 Å². The van der Waals surface area contributed by atoms with Gasteiger partial charge in [0.2, 0.25) is 15.9 Å². The van der Waals surface area contributed by atoms with Gasteiger partial charge in [0.1, 0.15) is 0 Å². The van der Waals surface area contributed by atoms with Gasteiger partial charge in [-0.25, -0.2) is 13.1 Å². The molecule has 0 saturated carbocycles. The van der Waals surface area contributed by atoms with Crippen molar-refractivity contribution >= 4 is 27.5 Å². The molecule has 0 aromatic rings. The molecule has 0 bridgehead atoms. The fourth-order valence-electron chi connectivity index (χ4n) is 1.75. The van der Waals surface area contributed by atoms with Gasteiger partial charge in [-0.15, -0.1) is 11.6 Å². The number of amides is 1. The summed E-state index contributed by atoms with van der Waals surface area (Å²) in [5.41, 5.74) is 0. The van der Waals surface area contributed by atoms with E-state index in [1.54, 1.807) is 4.90 Å². The van der Waals surface area contributed by atoms with Gasteiger partial charge in [-0.1, -0.05) is 0 Å². The van der Waals surface area contributed by atoms with Gasteiger partial charge in [0, 0.05) is 31.9 Å². The molecule has 1 fully saturated rings. The van der Waals surface area contributed by atoms with Crippen molar-refractivity contribution in [2.24, 2.45) is 0 Å². The van der Waals surface area contributed by atoms with E-state index in [4.69, 9.17) is 11.6 Å². The Hall–Kier alpha value is -0.330. The quantitative estimate of drug-likeness (QED) is 0.522. The maximum Gasteiger partial charge on any atom is 0.222 e. The largest absolute Gasteiger partial charge is 0.343 e. The number of carbonyl (C=O) groups is 1. The number of sulfonamides is 1. The topological polar surface area (TPSA) is 66.5 Å². The van der Waals surface area contributed by atoms with Crippen LogP contribution in [0.1, 0.15) is 25.7 Å². The van der Waals surface area contributed by atoms with E-state index < -0.39 is 10.0 Å². The van der Waals surface area contributed by atoms with Crippen LogP contribution in [0.5, 0.6) is 0 Å². The van der Waals surface area contributed by atoms with Crippen molar-refractivity contribution in [2.75, 3.05) is 31.3 Å². The highest BCUT2D eigenvalue weighted by molar-refractivity contribution is 7.89. The Morgan fingerprint density at radius 2 is 2.12 bits per heavy atom. The van der Waals surface area contributed by atoms with Crippen LogP contribution in [-0.4, -0.2) is 50.5 Å². The number of nitrogens with one attached hydrogen (secondary N) is 1. The number of hydrogen-bond acceptors (Lipinski definition) is 3. The summed E-state index contributed by atoms with van der Waals surface area (Å²) in [4.78, 5) is 13.1. The minimum atomic E-state index is -3.19. The van der Waals surface area contributed by atoms with Crippen molar-refractivity contribution in [1.29, 1.82) is 0 Å². The average Bonchev–Trinajstić information content (AvgIpc) is 2.68. The van der Waals surface area contributed by atoms with E-state index in [-0.39, 0.29) is 11.7 Å². The van der Waals surface area contributed by atoms with Crippen molar-refractivity contribution in [3.05, 3.63) is 0 Å². The Balaban J connectivity index is 2.13. The smallest absolute Gasteiger partial charge is 0.222 e. The number of nitrogens with zero attached hydrogens (tertiary/aromatic N) is 1. The van der Waals surface area contributed by atoms with E-state index in [9.17, 15) is 13.2 Å². The second-order valence-corrected chi connectivity index (χ2v) is 6.40. The minimum Gasteiger partial charge on any atom is -0.343 e. The van der Waals surface area contributed by atoms with Crippen molar-refractivity contribution < 1.29 is 13.2 Å². The van der Waals surface area contributed by atoms with Gasteiger partial charge in [0.05, 0.1) is 5.75 Å². The van der Waals surface area contributed by atoms with E-state index in [0.29, 0.717) is 38.2 Å². The van der Waals surface area contributed by atoms with Crippen LogP contribution in [0.15, 0.2) is 0 Å². The summed E-state index contributed by atoms with van der Waals surface area (Å²) in [5, 5.41) is 0. The lowest BCUT2D eigenvalue weighted by atomic mass is 10.4. The first-order chi connectivity index (χ1) is 8.05. The third-order valence-corrected chi connectivity index (χ3v) is 4.38. The van der Waals surface area contributed by atoms with E-state index in [0.717, 1.165) is 13.0 Å². The van der Waals surface area contributed by atoms with Crippen LogP contribution < -0.4 is 4.72 Å². The summed E-state index contributed by atoms with van der Waals surface area (Å²) in [6, 6.07) is 0. The number of halogens is 1. The van der Waals surface area contributed by atoms with Crippen molar-refractivity contribution in [1.82, 2.24) is 9.62 Å². The molecule has 0 unspecified atom stereocenters. The number of likely N-dealkylation sites (tertiary alicyclic amines) is 1. The first-order valence-corrected chi connectivity index (χ1v) is 8.05. The molecule has 1 aliphatic heterocycles. The molecule has 1 N–H and O–H groups in total. The number of rotatable bonds is 8. The zero-order valence-corrected chi connectivity index (χ0v) is 11.4. The molecule has 1 amide bonds. The van der Waals surface area contributed by atoms with Crippen LogP contribution in [0.4, 0.5) is 0 Å². The predicted molar refractivity (Wildman–Crippen MR) is 67.6 cm³/mol. The highest BCUT2D eigenvalue weighted by Crippen LogP contribution is 2.09. The second kappa shape index (κ2) is 7.18. The fourth-order valence-corrected chi connectivity index (χ4v) is 3.17. The monoisotopic (exact) mass is 282 g/mol. The van der Waals surface area contributed by atoms with Crippen molar-refractivity contribution in [3.63, 3.8) is 0 Å². The fraction of sp³-hybridized carbons (Fsp3) is 0.900. The van der Waals surface area contributed by atoms with E-state index >= 15 is 0 Å². The van der Waals surface area contributed by atoms with Crippen molar-refractivity contribution in [2.45, 2.75) is 25.7 Å². The molecule has 5 nitrogen and oxygen atoms in total. The highest BCUT2D eigenvalue weighted by atomic mass is 35.5. The van der Waals surface area contributed by atoms with Gasteiger partial charge in [0.15, 0.2) is 0 Å². The van der Waals surface area contributed by atoms with Gasteiger partial charge < -0.3 is 4.90 Å². The Kier molecular flexibility index (Phi) is 6.22. The Bertz CT molecular complexity index is 345. The molecule has 17 heavy (non-hydrogen) atoms. The molecular weight excluding hydrogens is 264 g/mol. The molecule has 1 aliphatic rings. The van der Waals surface area contributed by atoms with Crippen LogP contribution >= 0.6 is 11.6 Å². The molecule has 0 radical (unpaired) electrons. The number of alkyl halides is 1. The van der Waals surface area contributed by atoms with Gasteiger partial charge in [-0.05, 0) is 19.3 Å². The molecule has 0 atom stereocenters. The lowest BCUT2D eigenvalue weighted by molar-refractivity contribution is -0.127. The Morgan fingerprint density at radius 1 is 1.35 bits per heavy atom. The standard InChI is InChI=1S/C10H19ClN2O3S/c11-5-2-9-17(15,16)12-6-3-8-13-7-1-4-10(13)14/h12H,1-9H2. The molecule has 7 heteroatoms. The van der Waals surface area contributed by atoms with Crippen LogP contribution in [0.2, 0.25) is 0 Å². The lowest BCUT2D eigenvalue weighted by Crippen LogP contribution is -2.31. The first-order valence-electron chi connectivity index (χ1n) is 5.86. The summed E-state index contributed by atoms with van der Waals surface area (Å²) in [5.74, 6) is 0.595. The summed E-state index contributed by atoms with van der Waals surface area (Å²) in [6.45, 7) is 1.82. The zero-order valence-electron chi connectivity index (χ0n) is 9.82. The lowest BCUT2D eigenvalue weighted by Gasteiger charge is -2.15. The highest BCUT2D eigenvalue weighted by Gasteiger charge is 2.19. The number of hydrogen-bond donors (Lipinski definition) is 1. The normalized spacial score (nSPS) is 16.8. The molecule has 1 saturated heterocycles. The summed E-state index contributed by atoms with van der Waals surface area (Å²) in [6.07, 6.45) is 2.66.